The van der Waals surface area contributed by atoms with Crippen molar-refractivity contribution in [3.63, 3.8) is 0 Å². The van der Waals surface area contributed by atoms with Gasteiger partial charge in [0.15, 0.2) is 0 Å². The molecule has 0 unspecified atom stereocenters. The number of benzene rings is 5. The van der Waals surface area contributed by atoms with Crippen LogP contribution in [0.25, 0.3) is 44.2 Å². The molecule has 1 heterocycles. The lowest BCUT2D eigenvalue weighted by molar-refractivity contribution is 1.18. The van der Waals surface area contributed by atoms with E-state index in [9.17, 15) is 0 Å². The van der Waals surface area contributed by atoms with E-state index in [1.54, 1.807) is 0 Å². The van der Waals surface area contributed by atoms with Crippen LogP contribution in [0.2, 0.25) is 0 Å². The summed E-state index contributed by atoms with van der Waals surface area (Å²) < 4.78 is 0. The van der Waals surface area contributed by atoms with Crippen molar-refractivity contribution in [3.8, 4) is 33.4 Å². The lowest BCUT2D eigenvalue weighted by atomic mass is 9.97. The van der Waals surface area contributed by atoms with Crippen LogP contribution in [0.3, 0.4) is 0 Å². The second-order valence-corrected chi connectivity index (χ2v) is 8.88. The summed E-state index contributed by atoms with van der Waals surface area (Å²) in [7, 11) is 0. The standard InChI is InChI=1S/C33H22N2/c1-2-12-26(13-3-1)35(32-17-4-5-20-34-32)27-14-6-11-24(21-27)25-18-19-28-29-15-7-9-23-10-8-16-30(33(23)29)31(28)22-25/h1-22H. The first-order valence-corrected chi connectivity index (χ1v) is 11.9. The lowest BCUT2D eigenvalue weighted by Gasteiger charge is -2.24. The fourth-order valence-electron chi connectivity index (χ4n) is 5.27. The number of pyridine rings is 1. The normalized spacial score (nSPS) is 11.4. The molecule has 2 heteroatoms. The zero-order valence-electron chi connectivity index (χ0n) is 19.1. The Balaban J connectivity index is 1.36. The predicted molar refractivity (Wildman–Crippen MR) is 146 cm³/mol. The molecule has 0 spiro atoms. The van der Waals surface area contributed by atoms with Crippen molar-refractivity contribution >= 4 is 28.0 Å². The van der Waals surface area contributed by atoms with E-state index in [1.807, 2.05) is 30.5 Å². The van der Waals surface area contributed by atoms with E-state index in [0.717, 1.165) is 17.2 Å². The summed E-state index contributed by atoms with van der Waals surface area (Å²) in [5, 5.41) is 2.66. The molecule has 0 saturated heterocycles. The van der Waals surface area contributed by atoms with Crippen LogP contribution >= 0.6 is 0 Å². The summed E-state index contributed by atoms with van der Waals surface area (Å²) in [4.78, 5) is 6.85. The van der Waals surface area contributed by atoms with Gasteiger partial charge in [-0.05, 0) is 86.6 Å². The van der Waals surface area contributed by atoms with Gasteiger partial charge in [-0.25, -0.2) is 4.98 Å². The molecular formula is C33H22N2. The fourth-order valence-corrected chi connectivity index (χ4v) is 5.27. The summed E-state index contributed by atoms with van der Waals surface area (Å²) in [5.41, 5.74) is 9.84. The third-order valence-electron chi connectivity index (χ3n) is 6.84. The van der Waals surface area contributed by atoms with Crippen LogP contribution < -0.4 is 4.90 Å². The van der Waals surface area contributed by atoms with E-state index >= 15 is 0 Å². The van der Waals surface area contributed by atoms with Crippen LogP contribution in [0, 0.1) is 0 Å². The molecule has 0 fully saturated rings. The number of fused-ring (bicyclic) bond motifs is 3. The molecule has 2 nitrogen and oxygen atoms in total. The molecule has 7 rings (SSSR count). The third kappa shape index (κ3) is 3.23. The number of anilines is 3. The van der Waals surface area contributed by atoms with E-state index in [-0.39, 0.29) is 0 Å². The molecular weight excluding hydrogens is 424 g/mol. The molecule has 1 aromatic heterocycles. The molecule has 164 valence electrons. The monoisotopic (exact) mass is 446 g/mol. The number of para-hydroxylation sites is 1. The number of nitrogens with zero attached hydrogens (tertiary/aromatic N) is 2. The van der Waals surface area contributed by atoms with Gasteiger partial charge in [-0.1, -0.05) is 84.9 Å². The minimum absolute atomic E-state index is 0.895. The van der Waals surface area contributed by atoms with Gasteiger partial charge in [-0.15, -0.1) is 0 Å². The highest BCUT2D eigenvalue weighted by Crippen LogP contribution is 2.48. The predicted octanol–water partition coefficient (Wildman–Crippen LogP) is 9.02. The fraction of sp³-hybridized carbons (Fsp3) is 0. The van der Waals surface area contributed by atoms with Gasteiger partial charge in [-0.3, -0.25) is 4.90 Å². The second kappa shape index (κ2) is 7.96. The molecule has 6 aromatic rings. The van der Waals surface area contributed by atoms with Crippen molar-refractivity contribution in [2.24, 2.45) is 0 Å². The van der Waals surface area contributed by atoms with E-state index in [1.165, 1.54) is 44.2 Å². The summed E-state index contributed by atoms with van der Waals surface area (Å²) in [6, 6.07) is 45.2. The average Bonchev–Trinajstić information content (AvgIpc) is 3.25. The Labute approximate surface area is 204 Å². The maximum absolute atomic E-state index is 4.65. The Morgan fingerprint density at radius 2 is 1.17 bits per heavy atom. The van der Waals surface area contributed by atoms with Gasteiger partial charge in [0.1, 0.15) is 5.82 Å². The molecule has 0 N–H and O–H groups in total. The highest BCUT2D eigenvalue weighted by atomic mass is 15.2. The SMILES string of the molecule is c1ccc(N(c2cccc(-c3ccc4c(c3)-c3cccc5cccc-4c35)c2)c2ccccn2)cc1. The zero-order chi connectivity index (χ0) is 23.2. The van der Waals surface area contributed by atoms with Gasteiger partial charge in [0, 0.05) is 17.6 Å². The molecule has 0 radical (unpaired) electrons. The van der Waals surface area contributed by atoms with Gasteiger partial charge in [0.05, 0.1) is 0 Å². The minimum atomic E-state index is 0.895. The van der Waals surface area contributed by atoms with Crippen molar-refractivity contribution in [2.45, 2.75) is 0 Å². The molecule has 1 aliphatic rings. The maximum atomic E-state index is 4.65. The molecule has 0 saturated carbocycles. The average molecular weight is 447 g/mol. The first kappa shape index (κ1) is 19.7. The Hall–Kier alpha value is -4.69. The van der Waals surface area contributed by atoms with Gasteiger partial charge >= 0.3 is 0 Å². The molecule has 5 aromatic carbocycles. The Kier molecular flexibility index (Phi) is 4.49. The van der Waals surface area contributed by atoms with Gasteiger partial charge in [0.2, 0.25) is 0 Å². The van der Waals surface area contributed by atoms with Crippen molar-refractivity contribution in [1.82, 2.24) is 4.98 Å². The first-order valence-electron chi connectivity index (χ1n) is 11.9. The Morgan fingerprint density at radius 3 is 1.97 bits per heavy atom. The summed E-state index contributed by atoms with van der Waals surface area (Å²) in [5.74, 6) is 0.895. The van der Waals surface area contributed by atoms with Crippen LogP contribution in [0.5, 0.6) is 0 Å². The van der Waals surface area contributed by atoms with E-state index in [0.29, 0.717) is 0 Å². The van der Waals surface area contributed by atoms with Crippen molar-refractivity contribution < 1.29 is 0 Å². The van der Waals surface area contributed by atoms with Crippen LogP contribution in [0.15, 0.2) is 134 Å². The van der Waals surface area contributed by atoms with E-state index in [4.69, 9.17) is 0 Å². The van der Waals surface area contributed by atoms with Crippen LogP contribution in [0.4, 0.5) is 17.2 Å². The molecule has 0 atom stereocenters. The Bertz CT molecular complexity index is 1640. The molecule has 0 amide bonds. The summed E-state index contributed by atoms with van der Waals surface area (Å²) in [6.45, 7) is 0. The molecule has 1 aliphatic carbocycles. The van der Waals surface area contributed by atoms with Gasteiger partial charge in [0.25, 0.3) is 0 Å². The van der Waals surface area contributed by atoms with Crippen molar-refractivity contribution in [3.05, 3.63) is 134 Å². The second-order valence-electron chi connectivity index (χ2n) is 8.88. The largest absolute Gasteiger partial charge is 0.295 e. The maximum Gasteiger partial charge on any atom is 0.137 e. The quantitative estimate of drug-likeness (QED) is 0.268. The summed E-state index contributed by atoms with van der Waals surface area (Å²) in [6.07, 6.45) is 1.84. The van der Waals surface area contributed by atoms with Crippen molar-refractivity contribution in [1.29, 1.82) is 0 Å². The lowest BCUT2D eigenvalue weighted by Crippen LogP contribution is -2.11. The summed E-state index contributed by atoms with van der Waals surface area (Å²) >= 11 is 0. The Morgan fingerprint density at radius 1 is 0.457 bits per heavy atom. The highest BCUT2D eigenvalue weighted by Gasteiger charge is 2.21. The highest BCUT2D eigenvalue weighted by molar-refractivity contribution is 6.15. The van der Waals surface area contributed by atoms with Gasteiger partial charge < -0.3 is 0 Å². The number of rotatable bonds is 4. The smallest absolute Gasteiger partial charge is 0.137 e. The third-order valence-corrected chi connectivity index (χ3v) is 6.84. The van der Waals surface area contributed by atoms with E-state index in [2.05, 4.69) is 113 Å². The number of hydrogen-bond donors (Lipinski definition) is 0. The number of hydrogen-bond acceptors (Lipinski definition) is 2. The van der Waals surface area contributed by atoms with E-state index < -0.39 is 0 Å². The zero-order valence-corrected chi connectivity index (χ0v) is 19.1. The first-order chi connectivity index (χ1) is 17.4. The van der Waals surface area contributed by atoms with Crippen LogP contribution in [-0.2, 0) is 0 Å². The molecule has 0 bridgehead atoms. The molecule has 35 heavy (non-hydrogen) atoms. The van der Waals surface area contributed by atoms with Crippen LogP contribution in [0.1, 0.15) is 0 Å². The number of aromatic nitrogens is 1. The topological polar surface area (TPSA) is 16.1 Å². The van der Waals surface area contributed by atoms with Crippen LogP contribution in [-0.4, -0.2) is 4.98 Å². The minimum Gasteiger partial charge on any atom is -0.295 e. The van der Waals surface area contributed by atoms with Crippen molar-refractivity contribution in [2.75, 3.05) is 4.90 Å². The van der Waals surface area contributed by atoms with Gasteiger partial charge in [-0.2, -0.15) is 0 Å². The molecule has 0 aliphatic heterocycles.